The number of hydrogen-bond donors (Lipinski definition) is 2. The minimum absolute atomic E-state index is 0.236. The molecule has 0 spiro atoms. The lowest BCUT2D eigenvalue weighted by atomic mass is 9.96. The van der Waals surface area contributed by atoms with Gasteiger partial charge in [-0.3, -0.25) is 4.99 Å². The Hall–Kier alpha value is -3.87. The van der Waals surface area contributed by atoms with Crippen LogP contribution in [-0.2, 0) is 12.8 Å². The molecule has 0 bridgehead atoms. The highest BCUT2D eigenvalue weighted by atomic mass is 19.1. The van der Waals surface area contributed by atoms with Crippen molar-refractivity contribution < 1.29 is 13.9 Å². The van der Waals surface area contributed by atoms with Crippen molar-refractivity contribution in [2.24, 2.45) is 4.99 Å². The van der Waals surface area contributed by atoms with Crippen molar-refractivity contribution in [2.45, 2.75) is 52.9 Å². The summed E-state index contributed by atoms with van der Waals surface area (Å²) >= 11 is 0. The van der Waals surface area contributed by atoms with Crippen molar-refractivity contribution in [3.05, 3.63) is 76.2 Å². The lowest BCUT2D eigenvalue weighted by Gasteiger charge is -2.16. The summed E-state index contributed by atoms with van der Waals surface area (Å²) in [6.07, 6.45) is 6.26. The Morgan fingerprint density at radius 2 is 2.08 bits per heavy atom. The third-order valence-electron chi connectivity index (χ3n) is 7.04. The molecule has 4 rings (SSSR count). The zero-order chi connectivity index (χ0) is 27.9. The van der Waals surface area contributed by atoms with Gasteiger partial charge in [-0.2, -0.15) is 0 Å². The van der Waals surface area contributed by atoms with Gasteiger partial charge in [0.2, 0.25) is 0 Å². The molecule has 0 fully saturated rings. The zero-order valence-corrected chi connectivity index (χ0v) is 23.6. The van der Waals surface area contributed by atoms with Crippen LogP contribution in [-0.4, -0.2) is 38.0 Å². The fourth-order valence-corrected chi connectivity index (χ4v) is 4.89. The molecule has 7 heteroatoms. The van der Waals surface area contributed by atoms with Gasteiger partial charge in [-0.25, -0.2) is 9.37 Å². The number of aromatic nitrogens is 1. The zero-order valence-electron chi connectivity index (χ0n) is 23.6. The summed E-state index contributed by atoms with van der Waals surface area (Å²) < 4.78 is 25.6. The molecular formula is C32H39FN4O2. The van der Waals surface area contributed by atoms with E-state index in [1.165, 1.54) is 6.07 Å². The van der Waals surface area contributed by atoms with E-state index >= 15 is 0 Å². The first-order valence-corrected chi connectivity index (χ1v) is 13.7. The minimum atomic E-state index is -0.236. The number of nitrogens with two attached hydrogens (primary N) is 1. The first kappa shape index (κ1) is 28.1. The van der Waals surface area contributed by atoms with E-state index in [9.17, 15) is 4.39 Å². The van der Waals surface area contributed by atoms with Crippen LogP contribution in [0.25, 0.3) is 17.0 Å². The minimum Gasteiger partial charge on any atom is -0.495 e. The molecule has 206 valence electrons. The van der Waals surface area contributed by atoms with Gasteiger partial charge < -0.3 is 20.5 Å². The number of nitrogens with one attached hydrogen (secondary N) is 1. The molecule has 0 saturated carbocycles. The number of rotatable bonds is 11. The first-order valence-electron chi connectivity index (χ1n) is 13.7. The molecule has 3 N–H and O–H groups in total. The predicted molar refractivity (Wildman–Crippen MR) is 158 cm³/mol. The Morgan fingerprint density at radius 1 is 1.26 bits per heavy atom. The van der Waals surface area contributed by atoms with Crippen LogP contribution in [0, 0.1) is 5.82 Å². The number of nitrogen functional groups attached to an aromatic ring is 1. The van der Waals surface area contributed by atoms with Gasteiger partial charge in [0, 0.05) is 65.3 Å². The van der Waals surface area contributed by atoms with Crippen LogP contribution in [0.3, 0.4) is 0 Å². The largest absolute Gasteiger partial charge is 0.495 e. The topological polar surface area (TPSA) is 81.8 Å². The average molecular weight is 531 g/mol. The summed E-state index contributed by atoms with van der Waals surface area (Å²) in [7, 11) is 1.62. The molecular weight excluding hydrogens is 491 g/mol. The number of benzene rings is 2. The Kier molecular flexibility index (Phi) is 9.23. The molecule has 3 aromatic rings. The number of hydrogen-bond acceptors (Lipinski definition) is 6. The van der Waals surface area contributed by atoms with Crippen LogP contribution >= 0.6 is 0 Å². The lowest BCUT2D eigenvalue weighted by Crippen LogP contribution is -2.17. The number of aliphatic imine (C=N–C) groups is 1. The van der Waals surface area contributed by atoms with Crippen molar-refractivity contribution in [2.75, 3.05) is 32.5 Å². The van der Waals surface area contributed by atoms with Crippen LogP contribution in [0.2, 0.25) is 0 Å². The van der Waals surface area contributed by atoms with Gasteiger partial charge in [-0.15, -0.1) is 0 Å². The summed E-state index contributed by atoms with van der Waals surface area (Å²) in [6, 6.07) is 11.0. The second kappa shape index (κ2) is 12.8. The van der Waals surface area contributed by atoms with E-state index in [1.807, 2.05) is 44.3 Å². The molecule has 2 heterocycles. The number of nitrogens with zero attached hydrogens (tertiary/aromatic N) is 2. The number of aryl methyl sites for hydroxylation is 1. The number of fused-ring (bicyclic) bond motifs is 1. The van der Waals surface area contributed by atoms with Gasteiger partial charge in [0.25, 0.3) is 0 Å². The number of anilines is 1. The molecule has 1 aliphatic rings. The number of halogens is 1. The number of ether oxygens (including phenoxy) is 2. The fourth-order valence-electron chi connectivity index (χ4n) is 4.89. The molecule has 0 saturated heterocycles. The van der Waals surface area contributed by atoms with Crippen LogP contribution in [0.1, 0.15) is 68.0 Å². The van der Waals surface area contributed by atoms with Crippen molar-refractivity contribution >= 4 is 17.6 Å². The first-order chi connectivity index (χ1) is 18.9. The van der Waals surface area contributed by atoms with Crippen molar-refractivity contribution in [1.29, 1.82) is 0 Å². The monoisotopic (exact) mass is 530 g/mol. The highest BCUT2D eigenvalue weighted by molar-refractivity contribution is 5.91. The molecule has 39 heavy (non-hydrogen) atoms. The van der Waals surface area contributed by atoms with Crippen LogP contribution in [0.15, 0.2) is 47.5 Å². The summed E-state index contributed by atoms with van der Waals surface area (Å²) in [6.45, 7) is 10.3. The molecule has 1 aliphatic heterocycles. The van der Waals surface area contributed by atoms with Gasteiger partial charge in [0.1, 0.15) is 23.0 Å². The van der Waals surface area contributed by atoms with Gasteiger partial charge in [0.05, 0.1) is 19.4 Å². The van der Waals surface area contributed by atoms with Crippen LogP contribution in [0.5, 0.6) is 11.5 Å². The molecule has 1 aromatic heterocycles. The summed E-state index contributed by atoms with van der Waals surface area (Å²) in [5.74, 6) is 1.48. The fraction of sp³-hybridized carbons (Fsp3) is 0.375. The maximum atomic E-state index is 14.0. The van der Waals surface area contributed by atoms with Gasteiger partial charge in [-0.05, 0) is 61.7 Å². The Bertz CT molecular complexity index is 1380. The third kappa shape index (κ3) is 6.24. The van der Waals surface area contributed by atoms with Gasteiger partial charge >= 0.3 is 0 Å². The number of pyridine rings is 1. The van der Waals surface area contributed by atoms with E-state index in [-0.39, 0.29) is 11.7 Å². The highest BCUT2D eigenvalue weighted by Crippen LogP contribution is 2.42. The highest BCUT2D eigenvalue weighted by Gasteiger charge is 2.27. The molecule has 0 radical (unpaired) electrons. The maximum Gasteiger partial charge on any atom is 0.149 e. The maximum absolute atomic E-state index is 14.0. The van der Waals surface area contributed by atoms with Gasteiger partial charge in [0.15, 0.2) is 0 Å². The Morgan fingerprint density at radius 3 is 2.79 bits per heavy atom. The smallest absolute Gasteiger partial charge is 0.149 e. The number of methoxy groups -OCH3 is 1. The summed E-state index contributed by atoms with van der Waals surface area (Å²) in [5, 5.41) is 3.57. The van der Waals surface area contributed by atoms with E-state index < -0.39 is 0 Å². The van der Waals surface area contributed by atoms with Crippen LogP contribution in [0.4, 0.5) is 10.1 Å². The second-order valence-electron chi connectivity index (χ2n) is 9.84. The predicted octanol–water partition coefficient (Wildman–Crippen LogP) is 6.56. The normalized spacial score (nSPS) is 14.9. The van der Waals surface area contributed by atoms with E-state index in [4.69, 9.17) is 20.2 Å². The molecule has 0 amide bonds. The molecule has 1 unspecified atom stereocenters. The third-order valence-corrected chi connectivity index (χ3v) is 7.04. The molecule has 0 aliphatic carbocycles. The molecule has 1 atom stereocenters. The molecule has 6 nitrogen and oxygen atoms in total. The number of allylic oxidation sites excluding steroid dienone is 1. The molecule has 2 aromatic carbocycles. The Balaban J connectivity index is 1.58. The van der Waals surface area contributed by atoms with E-state index in [2.05, 4.69) is 30.2 Å². The van der Waals surface area contributed by atoms with Crippen LogP contribution < -0.4 is 20.5 Å². The van der Waals surface area contributed by atoms with E-state index in [1.54, 1.807) is 13.2 Å². The quantitative estimate of drug-likeness (QED) is 0.217. The van der Waals surface area contributed by atoms with Crippen molar-refractivity contribution in [3.8, 4) is 22.8 Å². The standard InChI is InChI=1S/C32H39FN4O2/c1-6-12-35-18-23-14-22(16-29(38-5)30(23)34)28(8-3)36-13-11-25-17-27-20(4)19-39-32(27)31(37-25)26-10-9-24(33)15-21(26)7-2/h8-10,14-18,20,36H,6-7,11-13,19,34H2,1-5H3. The average Bonchev–Trinajstić information content (AvgIpc) is 3.32. The van der Waals surface area contributed by atoms with Crippen molar-refractivity contribution in [3.63, 3.8) is 0 Å². The van der Waals surface area contributed by atoms with Gasteiger partial charge in [-0.1, -0.05) is 26.8 Å². The summed E-state index contributed by atoms with van der Waals surface area (Å²) in [4.78, 5) is 9.49. The second-order valence-corrected chi connectivity index (χ2v) is 9.84. The summed E-state index contributed by atoms with van der Waals surface area (Å²) in [5.41, 5.74) is 14.5. The lowest BCUT2D eigenvalue weighted by molar-refractivity contribution is 0.337. The Labute approximate surface area is 231 Å². The van der Waals surface area contributed by atoms with Crippen molar-refractivity contribution in [1.82, 2.24) is 10.3 Å². The van der Waals surface area contributed by atoms with E-state index in [0.717, 1.165) is 63.6 Å². The SMILES string of the molecule is CC=C(NCCc1cc2c(c(-c3ccc(F)cc3CC)n1)OCC2C)c1cc(C=NCCC)c(N)c(OC)c1. The van der Waals surface area contributed by atoms with E-state index in [0.29, 0.717) is 37.4 Å².